The van der Waals surface area contributed by atoms with Gasteiger partial charge in [-0.3, -0.25) is 0 Å². The Hall–Kier alpha value is -1.88. The van der Waals surface area contributed by atoms with E-state index in [0.717, 1.165) is 11.3 Å². The molecule has 1 aromatic carbocycles. The summed E-state index contributed by atoms with van der Waals surface area (Å²) in [4.78, 5) is 4.40. The zero-order chi connectivity index (χ0) is 13.0. The molecule has 98 valence electrons. The third-order valence-electron chi connectivity index (χ3n) is 3.47. The number of anilines is 1. The third-order valence-corrected chi connectivity index (χ3v) is 3.75. The maximum Gasteiger partial charge on any atom is 0.231 e. The van der Waals surface area contributed by atoms with Crippen LogP contribution in [0.2, 0.25) is 5.02 Å². The average Bonchev–Trinajstić information content (AvgIpc) is 2.98. The standard InChI is InChI=1S/C13H12ClN3O2/c14-9-3-7(4-10-12(9)19-6-18-10)11-13(15)17(5-16-11)8-1-2-8/h3-5,8H,1-2,6,15H2. The maximum atomic E-state index is 6.18. The number of benzene rings is 1. The van der Waals surface area contributed by atoms with E-state index in [1.165, 1.54) is 12.8 Å². The van der Waals surface area contributed by atoms with Crippen LogP contribution >= 0.6 is 11.6 Å². The Labute approximate surface area is 114 Å². The van der Waals surface area contributed by atoms with Crippen LogP contribution in [0, 0.1) is 0 Å². The number of aromatic nitrogens is 2. The first-order chi connectivity index (χ1) is 9.24. The Kier molecular flexibility index (Phi) is 2.20. The van der Waals surface area contributed by atoms with Crippen molar-refractivity contribution in [1.82, 2.24) is 9.55 Å². The van der Waals surface area contributed by atoms with Gasteiger partial charge in [-0.05, 0) is 25.0 Å². The van der Waals surface area contributed by atoms with E-state index in [1.807, 2.05) is 16.7 Å². The van der Waals surface area contributed by atoms with Gasteiger partial charge < -0.3 is 19.8 Å². The number of hydrogen-bond acceptors (Lipinski definition) is 4. The molecule has 2 N–H and O–H groups in total. The predicted molar refractivity (Wildman–Crippen MR) is 71.5 cm³/mol. The van der Waals surface area contributed by atoms with Gasteiger partial charge in [0.2, 0.25) is 6.79 Å². The van der Waals surface area contributed by atoms with Gasteiger partial charge in [-0.2, -0.15) is 0 Å². The van der Waals surface area contributed by atoms with Crippen LogP contribution in [0.15, 0.2) is 18.5 Å². The van der Waals surface area contributed by atoms with E-state index in [4.69, 9.17) is 26.8 Å². The molecular weight excluding hydrogens is 266 g/mol. The van der Waals surface area contributed by atoms with Gasteiger partial charge in [0.1, 0.15) is 11.5 Å². The van der Waals surface area contributed by atoms with E-state index < -0.39 is 0 Å². The fourth-order valence-corrected chi connectivity index (χ4v) is 2.61. The maximum absolute atomic E-state index is 6.18. The Morgan fingerprint density at radius 2 is 2.16 bits per heavy atom. The molecule has 1 aliphatic heterocycles. The quantitative estimate of drug-likeness (QED) is 0.917. The zero-order valence-corrected chi connectivity index (χ0v) is 10.9. The molecule has 2 aliphatic rings. The van der Waals surface area contributed by atoms with Crippen LogP contribution in [0.3, 0.4) is 0 Å². The van der Waals surface area contributed by atoms with E-state index in [-0.39, 0.29) is 6.79 Å². The molecule has 1 saturated carbocycles. The summed E-state index contributed by atoms with van der Waals surface area (Å²) in [6.45, 7) is 0.199. The van der Waals surface area contributed by atoms with E-state index in [9.17, 15) is 0 Å². The molecule has 1 aromatic heterocycles. The highest BCUT2D eigenvalue weighted by Gasteiger charge is 2.27. The number of hydrogen-bond donors (Lipinski definition) is 1. The number of nitrogen functional groups attached to an aromatic ring is 1. The Morgan fingerprint density at radius 3 is 2.95 bits per heavy atom. The number of nitrogens with zero attached hydrogens (tertiary/aromatic N) is 2. The second-order valence-corrected chi connectivity index (χ2v) is 5.22. The van der Waals surface area contributed by atoms with Crippen LogP contribution in [0.25, 0.3) is 11.3 Å². The second kappa shape index (κ2) is 3.81. The van der Waals surface area contributed by atoms with E-state index in [0.29, 0.717) is 28.4 Å². The zero-order valence-electron chi connectivity index (χ0n) is 10.1. The Bertz CT molecular complexity index is 664. The number of fused-ring (bicyclic) bond motifs is 1. The SMILES string of the molecule is Nc1c(-c2cc(Cl)c3c(c2)OCO3)ncn1C1CC1. The van der Waals surface area contributed by atoms with Crippen molar-refractivity contribution in [2.24, 2.45) is 0 Å². The van der Waals surface area contributed by atoms with Gasteiger partial charge in [-0.25, -0.2) is 4.98 Å². The molecule has 2 aromatic rings. The minimum absolute atomic E-state index is 0.199. The van der Waals surface area contributed by atoms with Crippen LogP contribution in [-0.2, 0) is 0 Å². The summed E-state index contributed by atoms with van der Waals surface area (Å²) >= 11 is 6.18. The molecule has 0 spiro atoms. The topological polar surface area (TPSA) is 62.3 Å². The normalized spacial score (nSPS) is 16.9. The minimum atomic E-state index is 0.199. The smallest absolute Gasteiger partial charge is 0.231 e. The van der Waals surface area contributed by atoms with Gasteiger partial charge in [0, 0.05) is 11.6 Å². The second-order valence-electron chi connectivity index (χ2n) is 4.81. The molecule has 0 unspecified atom stereocenters. The van der Waals surface area contributed by atoms with E-state index >= 15 is 0 Å². The van der Waals surface area contributed by atoms with Gasteiger partial charge in [-0.1, -0.05) is 11.6 Å². The van der Waals surface area contributed by atoms with Crippen molar-refractivity contribution in [1.29, 1.82) is 0 Å². The van der Waals surface area contributed by atoms with Gasteiger partial charge in [0.25, 0.3) is 0 Å². The van der Waals surface area contributed by atoms with E-state index in [1.54, 1.807) is 6.33 Å². The van der Waals surface area contributed by atoms with Crippen molar-refractivity contribution in [3.8, 4) is 22.8 Å². The van der Waals surface area contributed by atoms with Crippen LogP contribution in [-0.4, -0.2) is 16.3 Å². The highest BCUT2D eigenvalue weighted by Crippen LogP contribution is 2.44. The fraction of sp³-hybridized carbons (Fsp3) is 0.308. The summed E-state index contributed by atoms with van der Waals surface area (Å²) in [7, 11) is 0. The van der Waals surface area contributed by atoms with Gasteiger partial charge in [-0.15, -0.1) is 0 Å². The number of rotatable bonds is 2. The summed E-state index contributed by atoms with van der Waals surface area (Å²) < 4.78 is 12.7. The molecule has 2 heterocycles. The summed E-state index contributed by atoms with van der Waals surface area (Å²) in [6, 6.07) is 4.18. The predicted octanol–water partition coefficient (Wildman–Crippen LogP) is 2.85. The molecule has 6 heteroatoms. The molecular formula is C13H12ClN3O2. The molecule has 0 amide bonds. The largest absolute Gasteiger partial charge is 0.454 e. The van der Waals surface area contributed by atoms with Crippen molar-refractivity contribution >= 4 is 17.4 Å². The minimum Gasteiger partial charge on any atom is -0.454 e. The summed E-state index contributed by atoms with van der Waals surface area (Å²) in [5.41, 5.74) is 7.75. The highest BCUT2D eigenvalue weighted by molar-refractivity contribution is 6.32. The van der Waals surface area contributed by atoms with Crippen molar-refractivity contribution in [2.45, 2.75) is 18.9 Å². The first-order valence-corrected chi connectivity index (χ1v) is 6.53. The van der Waals surface area contributed by atoms with Crippen LogP contribution in [0.4, 0.5) is 5.82 Å². The lowest BCUT2D eigenvalue weighted by molar-refractivity contribution is 0.174. The van der Waals surface area contributed by atoms with Crippen molar-refractivity contribution in [3.63, 3.8) is 0 Å². The lowest BCUT2D eigenvalue weighted by Crippen LogP contribution is -1.99. The number of imidazole rings is 1. The van der Waals surface area contributed by atoms with Gasteiger partial charge >= 0.3 is 0 Å². The van der Waals surface area contributed by atoms with Gasteiger partial charge in [0.05, 0.1) is 11.3 Å². The number of ether oxygens (including phenoxy) is 2. The Morgan fingerprint density at radius 1 is 1.32 bits per heavy atom. The average molecular weight is 278 g/mol. The fourth-order valence-electron chi connectivity index (χ4n) is 2.34. The molecule has 4 rings (SSSR count). The van der Waals surface area contributed by atoms with Gasteiger partial charge in [0.15, 0.2) is 11.5 Å². The molecule has 1 aliphatic carbocycles. The lowest BCUT2D eigenvalue weighted by Gasteiger charge is -2.05. The molecule has 5 nitrogen and oxygen atoms in total. The van der Waals surface area contributed by atoms with Crippen LogP contribution < -0.4 is 15.2 Å². The third kappa shape index (κ3) is 1.65. The molecule has 0 saturated heterocycles. The van der Waals surface area contributed by atoms with Crippen molar-refractivity contribution in [3.05, 3.63) is 23.5 Å². The monoisotopic (exact) mass is 277 g/mol. The first kappa shape index (κ1) is 11.0. The van der Waals surface area contributed by atoms with Crippen LogP contribution in [0.1, 0.15) is 18.9 Å². The molecule has 1 fully saturated rings. The Balaban J connectivity index is 1.82. The van der Waals surface area contributed by atoms with Crippen LogP contribution in [0.5, 0.6) is 11.5 Å². The lowest BCUT2D eigenvalue weighted by atomic mass is 10.1. The first-order valence-electron chi connectivity index (χ1n) is 6.16. The number of nitrogens with two attached hydrogens (primary N) is 1. The molecule has 19 heavy (non-hydrogen) atoms. The molecule has 0 bridgehead atoms. The molecule has 0 atom stereocenters. The molecule has 0 radical (unpaired) electrons. The highest BCUT2D eigenvalue weighted by atomic mass is 35.5. The van der Waals surface area contributed by atoms with Crippen molar-refractivity contribution < 1.29 is 9.47 Å². The van der Waals surface area contributed by atoms with Crippen molar-refractivity contribution in [2.75, 3.05) is 12.5 Å². The summed E-state index contributed by atoms with van der Waals surface area (Å²) in [5.74, 6) is 1.91. The summed E-state index contributed by atoms with van der Waals surface area (Å²) in [5, 5.41) is 0.519. The summed E-state index contributed by atoms with van der Waals surface area (Å²) in [6.07, 6.45) is 4.13. The van der Waals surface area contributed by atoms with E-state index in [2.05, 4.69) is 4.98 Å². The number of halogens is 1.